The Balaban J connectivity index is 0.000000204. The van der Waals surface area contributed by atoms with Crippen LogP contribution in [-0.4, -0.2) is 0 Å². The SMILES string of the molecule is C=C(C)c1ccc(F)cc1C.Cc1ccc(C)c(F)c1. The fourth-order valence-electron chi connectivity index (χ4n) is 1.80. The van der Waals surface area contributed by atoms with Gasteiger partial charge >= 0.3 is 0 Å². The molecule has 0 saturated heterocycles. The van der Waals surface area contributed by atoms with Crippen molar-refractivity contribution >= 4 is 5.57 Å². The molecule has 0 atom stereocenters. The van der Waals surface area contributed by atoms with Crippen molar-refractivity contribution in [3.8, 4) is 0 Å². The minimum Gasteiger partial charge on any atom is -0.207 e. The van der Waals surface area contributed by atoms with Crippen molar-refractivity contribution < 1.29 is 8.78 Å². The third kappa shape index (κ3) is 4.61. The molecule has 106 valence electrons. The van der Waals surface area contributed by atoms with E-state index in [1.54, 1.807) is 19.1 Å². The van der Waals surface area contributed by atoms with Crippen LogP contribution in [0.2, 0.25) is 0 Å². The van der Waals surface area contributed by atoms with Gasteiger partial charge in [-0.3, -0.25) is 0 Å². The topological polar surface area (TPSA) is 0 Å². The maximum Gasteiger partial charge on any atom is 0.126 e. The van der Waals surface area contributed by atoms with Gasteiger partial charge in [-0.15, -0.1) is 0 Å². The van der Waals surface area contributed by atoms with Crippen LogP contribution >= 0.6 is 0 Å². The van der Waals surface area contributed by atoms with E-state index in [0.717, 1.165) is 22.3 Å². The molecule has 0 aliphatic carbocycles. The zero-order chi connectivity index (χ0) is 15.3. The first-order valence-electron chi connectivity index (χ1n) is 6.46. The number of hydrogen-bond donors (Lipinski definition) is 0. The maximum atomic E-state index is 12.6. The molecule has 0 aromatic heterocycles. The minimum absolute atomic E-state index is 0.116. The fourth-order valence-corrected chi connectivity index (χ4v) is 1.80. The van der Waals surface area contributed by atoms with Gasteiger partial charge in [0.1, 0.15) is 11.6 Å². The predicted molar refractivity (Wildman–Crippen MR) is 81.7 cm³/mol. The third-order valence-electron chi connectivity index (χ3n) is 2.98. The second-order valence-corrected chi connectivity index (χ2v) is 4.99. The standard InChI is InChI=1S/C10H11F.C8H9F/c1-7(2)10-5-4-9(11)6-8(10)3;1-6-3-4-7(2)8(9)5-6/h4-6H,1H2,2-3H3;3-5H,1-2H3. The lowest BCUT2D eigenvalue weighted by Crippen LogP contribution is -1.85. The van der Waals surface area contributed by atoms with Crippen LogP contribution in [-0.2, 0) is 0 Å². The predicted octanol–water partition coefficient (Wildman–Crippen LogP) is 5.61. The molecular weight excluding hydrogens is 254 g/mol. The van der Waals surface area contributed by atoms with Crippen molar-refractivity contribution in [1.29, 1.82) is 0 Å². The molecule has 20 heavy (non-hydrogen) atoms. The highest BCUT2D eigenvalue weighted by molar-refractivity contribution is 5.64. The fraction of sp³-hybridized carbons (Fsp3) is 0.222. The Bertz CT molecular complexity index is 613. The van der Waals surface area contributed by atoms with Crippen LogP contribution in [0.5, 0.6) is 0 Å². The minimum atomic E-state index is -0.187. The van der Waals surface area contributed by atoms with Crippen molar-refractivity contribution in [1.82, 2.24) is 0 Å². The molecule has 0 N–H and O–H groups in total. The van der Waals surface area contributed by atoms with E-state index in [9.17, 15) is 8.78 Å². The number of halogens is 2. The van der Waals surface area contributed by atoms with Crippen LogP contribution in [0.15, 0.2) is 43.0 Å². The highest BCUT2D eigenvalue weighted by Crippen LogP contribution is 2.17. The molecule has 0 unspecified atom stereocenters. The van der Waals surface area contributed by atoms with E-state index in [1.807, 2.05) is 26.8 Å². The van der Waals surface area contributed by atoms with E-state index >= 15 is 0 Å². The van der Waals surface area contributed by atoms with Crippen LogP contribution < -0.4 is 0 Å². The highest BCUT2D eigenvalue weighted by Gasteiger charge is 1.98. The normalized spacial score (nSPS) is 9.70. The Morgan fingerprint density at radius 3 is 2.00 bits per heavy atom. The summed E-state index contributed by atoms with van der Waals surface area (Å²) in [4.78, 5) is 0. The number of allylic oxidation sites excluding steroid dienone is 1. The van der Waals surface area contributed by atoms with Gasteiger partial charge in [-0.2, -0.15) is 0 Å². The molecule has 0 saturated carbocycles. The molecule has 2 aromatic carbocycles. The van der Waals surface area contributed by atoms with Crippen molar-refractivity contribution in [3.63, 3.8) is 0 Å². The smallest absolute Gasteiger partial charge is 0.126 e. The van der Waals surface area contributed by atoms with Gasteiger partial charge in [0.05, 0.1) is 0 Å². The lowest BCUT2D eigenvalue weighted by molar-refractivity contribution is 0.617. The summed E-state index contributed by atoms with van der Waals surface area (Å²) in [6.07, 6.45) is 0. The number of hydrogen-bond acceptors (Lipinski definition) is 0. The summed E-state index contributed by atoms with van der Waals surface area (Å²) in [5.41, 5.74) is 4.63. The summed E-state index contributed by atoms with van der Waals surface area (Å²) >= 11 is 0. The van der Waals surface area contributed by atoms with E-state index in [0.29, 0.717) is 5.56 Å². The van der Waals surface area contributed by atoms with E-state index in [2.05, 4.69) is 6.58 Å². The first-order valence-corrected chi connectivity index (χ1v) is 6.46. The van der Waals surface area contributed by atoms with Gasteiger partial charge in [0, 0.05) is 0 Å². The van der Waals surface area contributed by atoms with Crippen molar-refractivity contribution in [2.45, 2.75) is 27.7 Å². The lowest BCUT2D eigenvalue weighted by atomic mass is 10.0. The summed E-state index contributed by atoms with van der Waals surface area (Å²) in [6.45, 7) is 11.2. The molecule has 0 nitrogen and oxygen atoms in total. The van der Waals surface area contributed by atoms with E-state index < -0.39 is 0 Å². The Labute approximate surface area is 119 Å². The quantitative estimate of drug-likeness (QED) is 0.634. The van der Waals surface area contributed by atoms with Crippen LogP contribution in [0.25, 0.3) is 5.57 Å². The molecule has 0 heterocycles. The Morgan fingerprint density at radius 1 is 0.900 bits per heavy atom. The van der Waals surface area contributed by atoms with E-state index in [1.165, 1.54) is 18.2 Å². The number of rotatable bonds is 1. The van der Waals surface area contributed by atoms with Crippen LogP contribution in [0, 0.1) is 32.4 Å². The molecule has 2 rings (SSSR count). The molecule has 0 aliphatic heterocycles. The van der Waals surface area contributed by atoms with Crippen LogP contribution in [0.4, 0.5) is 8.78 Å². The summed E-state index contributed by atoms with van der Waals surface area (Å²) in [6, 6.07) is 9.95. The van der Waals surface area contributed by atoms with Crippen molar-refractivity contribution in [2.24, 2.45) is 0 Å². The first-order chi connectivity index (χ1) is 9.31. The molecule has 0 amide bonds. The average molecular weight is 274 g/mol. The molecule has 2 heteroatoms. The van der Waals surface area contributed by atoms with Gasteiger partial charge in [-0.1, -0.05) is 30.4 Å². The Kier molecular flexibility index (Phi) is 5.63. The van der Waals surface area contributed by atoms with E-state index in [4.69, 9.17) is 0 Å². The monoisotopic (exact) mass is 274 g/mol. The summed E-state index contributed by atoms with van der Waals surface area (Å²) in [7, 11) is 0. The van der Waals surface area contributed by atoms with Gasteiger partial charge in [0.25, 0.3) is 0 Å². The molecule has 0 radical (unpaired) electrons. The summed E-state index contributed by atoms with van der Waals surface area (Å²) in [5, 5.41) is 0. The first kappa shape index (κ1) is 16.1. The van der Waals surface area contributed by atoms with E-state index in [-0.39, 0.29) is 11.6 Å². The lowest BCUT2D eigenvalue weighted by Gasteiger charge is -2.03. The molecule has 0 bridgehead atoms. The molecule has 0 fully saturated rings. The van der Waals surface area contributed by atoms with Crippen molar-refractivity contribution in [2.75, 3.05) is 0 Å². The molecule has 2 aromatic rings. The zero-order valence-corrected chi connectivity index (χ0v) is 12.4. The summed E-state index contributed by atoms with van der Waals surface area (Å²) < 4.78 is 25.2. The van der Waals surface area contributed by atoms with Gasteiger partial charge in [0.15, 0.2) is 0 Å². The summed E-state index contributed by atoms with van der Waals surface area (Å²) in [5.74, 6) is -0.303. The average Bonchev–Trinajstić information content (AvgIpc) is 2.34. The third-order valence-corrected chi connectivity index (χ3v) is 2.98. The molecule has 0 spiro atoms. The zero-order valence-electron chi connectivity index (χ0n) is 12.4. The Morgan fingerprint density at radius 2 is 1.55 bits per heavy atom. The number of aryl methyl sites for hydroxylation is 3. The van der Waals surface area contributed by atoms with Gasteiger partial charge < -0.3 is 0 Å². The van der Waals surface area contributed by atoms with Crippen molar-refractivity contribution in [3.05, 3.63) is 76.9 Å². The van der Waals surface area contributed by atoms with Gasteiger partial charge in [-0.05, 0) is 68.1 Å². The second-order valence-electron chi connectivity index (χ2n) is 4.99. The largest absolute Gasteiger partial charge is 0.207 e. The molecule has 0 aliphatic rings. The Hall–Kier alpha value is -1.96. The molecular formula is C18H20F2. The van der Waals surface area contributed by atoms with Crippen LogP contribution in [0.3, 0.4) is 0 Å². The van der Waals surface area contributed by atoms with Crippen LogP contribution in [0.1, 0.15) is 29.2 Å². The maximum absolute atomic E-state index is 12.6. The number of benzene rings is 2. The highest BCUT2D eigenvalue weighted by atomic mass is 19.1. The van der Waals surface area contributed by atoms with Gasteiger partial charge in [-0.25, -0.2) is 8.78 Å². The van der Waals surface area contributed by atoms with Gasteiger partial charge in [0.2, 0.25) is 0 Å². The second kappa shape index (κ2) is 6.99.